The van der Waals surface area contributed by atoms with Crippen molar-refractivity contribution < 1.29 is 14.0 Å². The van der Waals surface area contributed by atoms with Crippen LogP contribution in [0.15, 0.2) is 60.2 Å². The fraction of sp³-hybridized carbons (Fsp3) is 0.296. The minimum atomic E-state index is -0.261. The van der Waals surface area contributed by atoms with E-state index >= 15 is 0 Å². The van der Waals surface area contributed by atoms with Crippen molar-refractivity contribution in [2.75, 3.05) is 26.2 Å². The van der Waals surface area contributed by atoms with E-state index in [2.05, 4.69) is 10.3 Å². The summed E-state index contributed by atoms with van der Waals surface area (Å²) in [5, 5.41) is 7.00. The lowest BCUT2D eigenvalue weighted by molar-refractivity contribution is 0.0553. The average Bonchev–Trinajstić information content (AvgIpc) is 3.62. The van der Waals surface area contributed by atoms with Crippen LogP contribution in [0.5, 0.6) is 0 Å². The molecule has 4 heterocycles. The molecule has 2 amide bonds. The maximum atomic E-state index is 13.4. The molecular formula is C27H26FN5O2S. The zero-order valence-corrected chi connectivity index (χ0v) is 20.7. The smallest absolute Gasteiger partial charge is 0.282 e. The summed E-state index contributed by atoms with van der Waals surface area (Å²) < 4.78 is 15.4. The number of carbonyl (C=O) groups excluding carboxylic acids is 2. The van der Waals surface area contributed by atoms with Gasteiger partial charge in [-0.3, -0.25) is 9.59 Å². The summed E-state index contributed by atoms with van der Waals surface area (Å²) in [6.07, 6.45) is 4.58. The average molecular weight is 504 g/mol. The number of rotatable bonds is 5. The van der Waals surface area contributed by atoms with E-state index in [-0.39, 0.29) is 29.7 Å². The molecule has 0 radical (unpaired) electrons. The molecule has 1 N–H and O–H groups in total. The summed E-state index contributed by atoms with van der Waals surface area (Å²) in [5.41, 5.74) is 3.58. The number of aromatic nitrogens is 2. The third kappa shape index (κ3) is 4.18. The van der Waals surface area contributed by atoms with Gasteiger partial charge < -0.3 is 19.7 Å². The summed E-state index contributed by atoms with van der Waals surface area (Å²) >= 11 is 1.37. The molecule has 2 aliphatic rings. The highest BCUT2D eigenvalue weighted by molar-refractivity contribution is 7.11. The van der Waals surface area contributed by atoms with Crippen molar-refractivity contribution >= 4 is 34.1 Å². The monoisotopic (exact) mass is 503 g/mol. The number of nitrogens with zero attached hydrogens (tertiary/aromatic N) is 4. The number of amides is 2. The van der Waals surface area contributed by atoms with Gasteiger partial charge in [0, 0.05) is 85.1 Å². The SMILES string of the molecule is Cn1cc(-c2ccc(F)cc2)c2ccc(C(=O)N3CC(NC4CCN(C(=O)c5nccs5)C4)C3)cc21. The highest BCUT2D eigenvalue weighted by atomic mass is 32.1. The lowest BCUT2D eigenvalue weighted by Gasteiger charge is -2.41. The Morgan fingerprint density at radius 2 is 1.81 bits per heavy atom. The first kappa shape index (κ1) is 22.9. The van der Waals surface area contributed by atoms with Gasteiger partial charge in [-0.2, -0.15) is 0 Å². The summed E-state index contributed by atoms with van der Waals surface area (Å²) in [5.74, 6) is -0.242. The summed E-state index contributed by atoms with van der Waals surface area (Å²) in [6.45, 7) is 2.70. The fourth-order valence-corrected chi connectivity index (χ4v) is 5.79. The number of carbonyl (C=O) groups is 2. The van der Waals surface area contributed by atoms with E-state index < -0.39 is 0 Å². The van der Waals surface area contributed by atoms with Crippen LogP contribution in [0, 0.1) is 5.82 Å². The molecule has 4 aromatic rings. The molecule has 0 bridgehead atoms. The normalized spacial score (nSPS) is 18.1. The first-order valence-corrected chi connectivity index (χ1v) is 12.9. The van der Waals surface area contributed by atoms with E-state index in [0.29, 0.717) is 30.2 Å². The van der Waals surface area contributed by atoms with Gasteiger partial charge in [0.2, 0.25) is 0 Å². The number of halogens is 1. The number of hydrogen-bond donors (Lipinski definition) is 1. The summed E-state index contributed by atoms with van der Waals surface area (Å²) in [7, 11) is 1.96. The Morgan fingerprint density at radius 3 is 2.56 bits per heavy atom. The number of thiazole rings is 1. The molecule has 0 spiro atoms. The van der Waals surface area contributed by atoms with Crippen molar-refractivity contribution in [2.24, 2.45) is 7.05 Å². The molecule has 2 fully saturated rings. The van der Waals surface area contributed by atoms with Gasteiger partial charge in [0.1, 0.15) is 5.82 Å². The molecule has 36 heavy (non-hydrogen) atoms. The maximum absolute atomic E-state index is 13.4. The van der Waals surface area contributed by atoms with Gasteiger partial charge >= 0.3 is 0 Å². The lowest BCUT2D eigenvalue weighted by atomic mass is 10.0. The molecule has 9 heteroatoms. The highest BCUT2D eigenvalue weighted by Crippen LogP contribution is 2.31. The van der Waals surface area contributed by atoms with Gasteiger partial charge in [-0.25, -0.2) is 9.37 Å². The molecule has 2 saturated heterocycles. The van der Waals surface area contributed by atoms with Gasteiger partial charge in [-0.15, -0.1) is 11.3 Å². The molecule has 2 aromatic heterocycles. The Kier molecular flexibility index (Phi) is 5.81. The van der Waals surface area contributed by atoms with Crippen LogP contribution in [0.4, 0.5) is 4.39 Å². The molecular weight excluding hydrogens is 477 g/mol. The van der Waals surface area contributed by atoms with Crippen LogP contribution in [0.3, 0.4) is 0 Å². The van der Waals surface area contributed by atoms with E-state index in [0.717, 1.165) is 35.0 Å². The standard InChI is InChI=1S/C27H26FN5O2S/c1-31-16-23(17-2-5-19(28)6-3-17)22-7-4-18(12-24(22)31)26(34)33-14-21(15-33)30-20-8-10-32(13-20)27(35)25-29-9-11-36-25/h2-7,9,11-12,16,20-21,30H,8,10,13-15H2,1H3. The van der Waals surface area contributed by atoms with Gasteiger partial charge in [-0.05, 0) is 36.2 Å². The van der Waals surface area contributed by atoms with E-state index in [1.807, 2.05) is 51.2 Å². The van der Waals surface area contributed by atoms with Crippen LogP contribution in [0.1, 0.15) is 26.6 Å². The van der Waals surface area contributed by atoms with Crippen LogP contribution >= 0.6 is 11.3 Å². The highest BCUT2D eigenvalue weighted by Gasteiger charge is 2.35. The van der Waals surface area contributed by atoms with Gasteiger partial charge in [-0.1, -0.05) is 18.2 Å². The predicted octanol–water partition coefficient (Wildman–Crippen LogP) is 3.77. The Morgan fingerprint density at radius 1 is 1.03 bits per heavy atom. The van der Waals surface area contributed by atoms with E-state index in [9.17, 15) is 14.0 Å². The van der Waals surface area contributed by atoms with Crippen LogP contribution in [-0.2, 0) is 7.05 Å². The molecule has 184 valence electrons. The second kappa shape index (κ2) is 9.15. The molecule has 7 nitrogen and oxygen atoms in total. The van der Waals surface area contributed by atoms with Crippen molar-refractivity contribution in [3.05, 3.63) is 76.6 Å². The first-order chi connectivity index (χ1) is 17.5. The quantitative estimate of drug-likeness (QED) is 0.450. The number of likely N-dealkylation sites (tertiary alicyclic amines) is 2. The van der Waals surface area contributed by atoms with Crippen molar-refractivity contribution in [3.63, 3.8) is 0 Å². The molecule has 1 atom stereocenters. The third-order valence-corrected chi connectivity index (χ3v) is 7.88. The van der Waals surface area contributed by atoms with Crippen molar-refractivity contribution in [2.45, 2.75) is 18.5 Å². The predicted molar refractivity (Wildman–Crippen MR) is 138 cm³/mol. The van der Waals surface area contributed by atoms with E-state index in [4.69, 9.17) is 0 Å². The lowest BCUT2D eigenvalue weighted by Crippen LogP contribution is -2.62. The minimum Gasteiger partial charge on any atom is -0.350 e. The van der Waals surface area contributed by atoms with Crippen LogP contribution < -0.4 is 5.32 Å². The van der Waals surface area contributed by atoms with Crippen molar-refractivity contribution in [1.82, 2.24) is 24.7 Å². The maximum Gasteiger partial charge on any atom is 0.282 e. The zero-order chi connectivity index (χ0) is 24.8. The van der Waals surface area contributed by atoms with Crippen LogP contribution in [-0.4, -0.2) is 69.4 Å². The van der Waals surface area contributed by atoms with Crippen LogP contribution in [0.2, 0.25) is 0 Å². The Balaban J connectivity index is 1.07. The molecule has 0 saturated carbocycles. The largest absolute Gasteiger partial charge is 0.350 e. The van der Waals surface area contributed by atoms with Gasteiger partial charge in [0.15, 0.2) is 5.01 Å². The second-order valence-corrected chi connectivity index (χ2v) is 10.4. The second-order valence-electron chi connectivity index (χ2n) is 9.54. The van der Waals surface area contributed by atoms with E-state index in [1.54, 1.807) is 18.3 Å². The minimum absolute atomic E-state index is 0.00151. The Labute approximate surface area is 212 Å². The number of nitrogens with one attached hydrogen (secondary N) is 1. The fourth-order valence-electron chi connectivity index (χ4n) is 5.19. The van der Waals surface area contributed by atoms with Crippen LogP contribution in [0.25, 0.3) is 22.0 Å². The summed E-state index contributed by atoms with van der Waals surface area (Å²) in [4.78, 5) is 33.5. The van der Waals surface area contributed by atoms with Gasteiger partial charge in [0.05, 0.1) is 0 Å². The molecule has 2 aromatic carbocycles. The van der Waals surface area contributed by atoms with Gasteiger partial charge in [0.25, 0.3) is 11.8 Å². The zero-order valence-electron chi connectivity index (χ0n) is 19.9. The first-order valence-electron chi connectivity index (χ1n) is 12.1. The Bertz CT molecular complexity index is 1430. The van der Waals surface area contributed by atoms with E-state index in [1.165, 1.54) is 23.5 Å². The number of benzene rings is 2. The molecule has 0 aliphatic carbocycles. The molecule has 1 unspecified atom stereocenters. The third-order valence-electron chi connectivity index (χ3n) is 7.12. The Hall–Kier alpha value is -3.56. The number of aryl methyl sites for hydroxylation is 1. The number of fused-ring (bicyclic) bond motifs is 1. The summed E-state index contributed by atoms with van der Waals surface area (Å²) in [6, 6.07) is 12.7. The van der Waals surface area contributed by atoms with Crippen molar-refractivity contribution in [1.29, 1.82) is 0 Å². The topological polar surface area (TPSA) is 70.5 Å². The molecule has 2 aliphatic heterocycles. The molecule has 6 rings (SSSR count). The van der Waals surface area contributed by atoms with Crippen molar-refractivity contribution in [3.8, 4) is 11.1 Å². The number of hydrogen-bond acceptors (Lipinski definition) is 5.